The highest BCUT2D eigenvalue weighted by atomic mass is 79.9. The van der Waals surface area contributed by atoms with E-state index in [9.17, 15) is 4.79 Å². The molecule has 5 heteroatoms. The molecule has 0 saturated heterocycles. The largest absolute Gasteiger partial charge is 0.491 e. The number of hydrogen-bond donors (Lipinski definition) is 1. The number of ether oxygens (including phenoxy) is 2. The SMILES string of the molecule is CCc1ccc(OCC(=O)NCCOc2ccccc2C(C)C)c(Br)c1. The monoisotopic (exact) mass is 419 g/mol. The summed E-state index contributed by atoms with van der Waals surface area (Å²) in [6.45, 7) is 7.19. The van der Waals surface area contributed by atoms with Crippen LogP contribution in [0.3, 0.4) is 0 Å². The van der Waals surface area contributed by atoms with E-state index < -0.39 is 0 Å². The van der Waals surface area contributed by atoms with Crippen LogP contribution in [0.2, 0.25) is 0 Å². The number of benzene rings is 2. The minimum absolute atomic E-state index is 0.0212. The minimum Gasteiger partial charge on any atom is -0.491 e. The standard InChI is InChI=1S/C21H26BrNO3/c1-4-16-9-10-20(18(22)13-16)26-14-21(24)23-11-12-25-19-8-6-5-7-17(19)15(2)3/h5-10,13,15H,4,11-12,14H2,1-3H3,(H,23,24). The van der Waals surface area contributed by atoms with Gasteiger partial charge in [0.05, 0.1) is 11.0 Å². The van der Waals surface area contributed by atoms with Crippen molar-refractivity contribution in [2.24, 2.45) is 0 Å². The summed E-state index contributed by atoms with van der Waals surface area (Å²) in [5.41, 5.74) is 2.38. The van der Waals surface area contributed by atoms with Crippen molar-refractivity contribution in [1.82, 2.24) is 5.32 Å². The van der Waals surface area contributed by atoms with Crippen LogP contribution >= 0.6 is 15.9 Å². The summed E-state index contributed by atoms with van der Waals surface area (Å²) >= 11 is 3.47. The lowest BCUT2D eigenvalue weighted by Crippen LogP contribution is -2.32. The number of amides is 1. The summed E-state index contributed by atoms with van der Waals surface area (Å²) in [5.74, 6) is 1.76. The Morgan fingerprint density at radius 2 is 1.88 bits per heavy atom. The zero-order valence-corrected chi connectivity index (χ0v) is 17.1. The highest BCUT2D eigenvalue weighted by molar-refractivity contribution is 9.10. The van der Waals surface area contributed by atoms with Gasteiger partial charge >= 0.3 is 0 Å². The minimum atomic E-state index is -0.169. The molecule has 140 valence electrons. The highest BCUT2D eigenvalue weighted by Gasteiger charge is 2.08. The third-order valence-corrected chi connectivity index (χ3v) is 4.61. The number of carbonyl (C=O) groups excluding carboxylic acids is 1. The lowest BCUT2D eigenvalue weighted by molar-refractivity contribution is -0.123. The van der Waals surface area contributed by atoms with Crippen molar-refractivity contribution in [2.45, 2.75) is 33.1 Å². The molecule has 0 aliphatic rings. The molecule has 0 atom stereocenters. The van der Waals surface area contributed by atoms with Crippen LogP contribution in [-0.2, 0) is 11.2 Å². The quantitative estimate of drug-likeness (QED) is 0.598. The predicted molar refractivity (Wildman–Crippen MR) is 108 cm³/mol. The van der Waals surface area contributed by atoms with Crippen molar-refractivity contribution in [3.8, 4) is 11.5 Å². The van der Waals surface area contributed by atoms with Crippen LogP contribution in [-0.4, -0.2) is 25.7 Å². The number of rotatable bonds is 9. The van der Waals surface area contributed by atoms with Gasteiger partial charge in [0, 0.05) is 0 Å². The second-order valence-electron chi connectivity index (χ2n) is 6.30. The summed E-state index contributed by atoms with van der Waals surface area (Å²) in [7, 11) is 0. The maximum atomic E-state index is 11.9. The molecule has 26 heavy (non-hydrogen) atoms. The molecule has 0 unspecified atom stereocenters. The number of carbonyl (C=O) groups is 1. The molecule has 0 fully saturated rings. The third kappa shape index (κ3) is 6.06. The Bertz CT molecular complexity index is 731. The van der Waals surface area contributed by atoms with Gasteiger partial charge in [-0.05, 0) is 57.6 Å². The summed E-state index contributed by atoms with van der Waals surface area (Å²) in [6, 6.07) is 13.9. The van der Waals surface area contributed by atoms with Gasteiger partial charge in [0.15, 0.2) is 6.61 Å². The van der Waals surface area contributed by atoms with E-state index in [1.807, 2.05) is 36.4 Å². The predicted octanol–water partition coefficient (Wildman–Crippen LogP) is 4.71. The maximum Gasteiger partial charge on any atom is 0.258 e. The lowest BCUT2D eigenvalue weighted by atomic mass is 10.0. The second-order valence-corrected chi connectivity index (χ2v) is 7.15. The Labute approximate surface area is 164 Å². The molecule has 2 rings (SSSR count). The highest BCUT2D eigenvalue weighted by Crippen LogP contribution is 2.26. The van der Waals surface area contributed by atoms with E-state index in [4.69, 9.17) is 9.47 Å². The van der Waals surface area contributed by atoms with Gasteiger partial charge in [-0.1, -0.05) is 45.0 Å². The fraction of sp³-hybridized carbons (Fsp3) is 0.381. The molecule has 0 heterocycles. The van der Waals surface area contributed by atoms with Gasteiger partial charge in [-0.2, -0.15) is 0 Å². The van der Waals surface area contributed by atoms with E-state index >= 15 is 0 Å². The molecular weight excluding hydrogens is 394 g/mol. The van der Waals surface area contributed by atoms with Crippen molar-refractivity contribution in [2.75, 3.05) is 19.8 Å². The van der Waals surface area contributed by atoms with Crippen LogP contribution in [0.5, 0.6) is 11.5 Å². The summed E-state index contributed by atoms with van der Waals surface area (Å²) < 4.78 is 12.2. The average Bonchev–Trinajstić information content (AvgIpc) is 2.64. The molecule has 4 nitrogen and oxygen atoms in total. The lowest BCUT2D eigenvalue weighted by Gasteiger charge is -2.14. The first-order chi connectivity index (χ1) is 12.5. The molecule has 0 aromatic heterocycles. The molecule has 1 amide bonds. The molecular formula is C21H26BrNO3. The van der Waals surface area contributed by atoms with Crippen LogP contribution in [0.25, 0.3) is 0 Å². The topological polar surface area (TPSA) is 47.6 Å². The Morgan fingerprint density at radius 3 is 2.58 bits per heavy atom. The number of hydrogen-bond acceptors (Lipinski definition) is 3. The first-order valence-corrected chi connectivity index (χ1v) is 9.70. The van der Waals surface area contributed by atoms with Crippen molar-refractivity contribution in [3.63, 3.8) is 0 Å². The van der Waals surface area contributed by atoms with Crippen molar-refractivity contribution in [3.05, 3.63) is 58.1 Å². The van der Waals surface area contributed by atoms with E-state index in [1.165, 1.54) is 11.1 Å². The zero-order valence-electron chi connectivity index (χ0n) is 15.5. The van der Waals surface area contributed by atoms with Gasteiger partial charge in [0.1, 0.15) is 18.1 Å². The van der Waals surface area contributed by atoms with Gasteiger partial charge in [0.2, 0.25) is 0 Å². The van der Waals surface area contributed by atoms with Crippen molar-refractivity contribution in [1.29, 1.82) is 0 Å². The molecule has 0 saturated carbocycles. The van der Waals surface area contributed by atoms with Crippen LogP contribution in [0.1, 0.15) is 37.8 Å². The van der Waals surface area contributed by atoms with Crippen molar-refractivity contribution >= 4 is 21.8 Å². The fourth-order valence-electron chi connectivity index (χ4n) is 2.52. The normalized spacial score (nSPS) is 10.7. The first-order valence-electron chi connectivity index (χ1n) is 8.91. The second kappa shape index (κ2) is 10.2. The van der Waals surface area contributed by atoms with E-state index in [0.29, 0.717) is 24.8 Å². The molecule has 0 aliphatic carbocycles. The smallest absolute Gasteiger partial charge is 0.258 e. The maximum absolute atomic E-state index is 11.9. The van der Waals surface area contributed by atoms with E-state index in [1.54, 1.807) is 0 Å². The summed E-state index contributed by atoms with van der Waals surface area (Å²) in [4.78, 5) is 11.9. The summed E-state index contributed by atoms with van der Waals surface area (Å²) in [6.07, 6.45) is 0.958. The van der Waals surface area contributed by atoms with Crippen LogP contribution in [0.4, 0.5) is 0 Å². The number of halogens is 1. The molecule has 0 spiro atoms. The van der Waals surface area contributed by atoms with Gasteiger partial charge in [-0.25, -0.2) is 0 Å². The number of para-hydroxylation sites is 1. The van der Waals surface area contributed by atoms with Crippen LogP contribution in [0, 0.1) is 0 Å². The molecule has 2 aromatic carbocycles. The Morgan fingerprint density at radius 1 is 1.12 bits per heavy atom. The first kappa shape index (κ1) is 20.3. The zero-order chi connectivity index (χ0) is 18.9. The number of aryl methyl sites for hydroxylation is 1. The van der Waals surface area contributed by atoms with E-state index in [0.717, 1.165) is 16.6 Å². The summed E-state index contributed by atoms with van der Waals surface area (Å²) in [5, 5.41) is 2.81. The number of nitrogens with one attached hydrogen (secondary N) is 1. The molecule has 0 aliphatic heterocycles. The fourth-order valence-corrected chi connectivity index (χ4v) is 3.06. The van der Waals surface area contributed by atoms with Crippen LogP contribution in [0.15, 0.2) is 46.9 Å². The molecule has 2 aromatic rings. The van der Waals surface area contributed by atoms with Gasteiger partial charge < -0.3 is 14.8 Å². The third-order valence-electron chi connectivity index (χ3n) is 3.99. The van der Waals surface area contributed by atoms with E-state index in [2.05, 4.69) is 48.1 Å². The van der Waals surface area contributed by atoms with Gasteiger partial charge in [-0.3, -0.25) is 4.79 Å². The average molecular weight is 420 g/mol. The van der Waals surface area contributed by atoms with Gasteiger partial charge in [0.25, 0.3) is 5.91 Å². The molecule has 0 radical (unpaired) electrons. The van der Waals surface area contributed by atoms with Crippen molar-refractivity contribution < 1.29 is 14.3 Å². The molecule has 1 N–H and O–H groups in total. The Kier molecular flexibility index (Phi) is 7.98. The molecule has 0 bridgehead atoms. The Balaban J connectivity index is 1.73. The Hall–Kier alpha value is -2.01. The van der Waals surface area contributed by atoms with E-state index in [-0.39, 0.29) is 12.5 Å². The van der Waals surface area contributed by atoms with Gasteiger partial charge in [-0.15, -0.1) is 0 Å². The van der Waals surface area contributed by atoms with Crippen LogP contribution < -0.4 is 14.8 Å².